The molecule has 0 saturated carbocycles. The molecule has 3 rings (SSSR count). The van der Waals surface area contributed by atoms with Crippen molar-refractivity contribution in [2.75, 3.05) is 5.32 Å². The zero-order valence-corrected chi connectivity index (χ0v) is 15.1. The third kappa shape index (κ3) is 4.05. The molecule has 0 unspecified atom stereocenters. The number of carbonyl (C=O) groups is 1. The summed E-state index contributed by atoms with van der Waals surface area (Å²) in [5.74, 6) is -1.95. The van der Waals surface area contributed by atoms with Crippen molar-refractivity contribution in [2.24, 2.45) is 7.05 Å². The number of aryl methyl sites for hydroxylation is 1. The van der Waals surface area contributed by atoms with E-state index in [1.54, 1.807) is 24.3 Å². The molecule has 0 aliphatic heterocycles. The van der Waals surface area contributed by atoms with Gasteiger partial charge < -0.3 is 5.32 Å². The van der Waals surface area contributed by atoms with Crippen LogP contribution in [0.2, 0.25) is 0 Å². The van der Waals surface area contributed by atoms with Crippen molar-refractivity contribution in [1.29, 1.82) is 0 Å². The fourth-order valence-electron chi connectivity index (χ4n) is 2.89. The molecule has 0 saturated heterocycles. The fraction of sp³-hybridized carbons (Fsp3) is 0.200. The summed E-state index contributed by atoms with van der Waals surface area (Å²) >= 11 is 0. The van der Waals surface area contributed by atoms with Crippen molar-refractivity contribution in [3.63, 3.8) is 0 Å². The van der Waals surface area contributed by atoms with Gasteiger partial charge in [-0.25, -0.2) is 17.6 Å². The number of nitrogens with one attached hydrogen (secondary N) is 1. The highest BCUT2D eigenvalue weighted by Gasteiger charge is 2.20. The maximum atomic E-state index is 13.9. The van der Waals surface area contributed by atoms with Crippen LogP contribution in [0.3, 0.4) is 0 Å². The molecule has 4 nitrogen and oxygen atoms in total. The number of alkyl halides is 2. The van der Waals surface area contributed by atoms with Crippen molar-refractivity contribution in [1.82, 2.24) is 9.78 Å². The molecule has 1 amide bonds. The number of para-hydroxylation sites is 1. The number of carbonyl (C=O) groups excluding carboxylic acids is 1. The second-order valence-corrected chi connectivity index (χ2v) is 6.35. The molecule has 0 aliphatic rings. The lowest BCUT2D eigenvalue weighted by Gasteiger charge is -2.12. The maximum Gasteiger partial charge on any atom is 0.282 e. The Hall–Kier alpha value is -3.16. The van der Waals surface area contributed by atoms with Gasteiger partial charge in [0.15, 0.2) is 0 Å². The third-order valence-electron chi connectivity index (χ3n) is 4.29. The molecule has 0 radical (unpaired) electrons. The highest BCUT2D eigenvalue weighted by atomic mass is 19.3. The van der Waals surface area contributed by atoms with Crippen LogP contribution in [0.25, 0.3) is 11.1 Å². The zero-order chi connectivity index (χ0) is 20.4. The van der Waals surface area contributed by atoms with Gasteiger partial charge in [-0.05, 0) is 30.7 Å². The van der Waals surface area contributed by atoms with E-state index in [0.29, 0.717) is 11.3 Å². The van der Waals surface area contributed by atoms with Crippen LogP contribution in [0.5, 0.6) is 0 Å². The lowest BCUT2D eigenvalue weighted by Crippen LogP contribution is -2.15. The van der Waals surface area contributed by atoms with E-state index in [2.05, 4.69) is 10.4 Å². The second-order valence-electron chi connectivity index (χ2n) is 6.35. The second kappa shape index (κ2) is 7.84. The molecule has 28 heavy (non-hydrogen) atoms. The van der Waals surface area contributed by atoms with Gasteiger partial charge in [-0.15, -0.1) is 0 Å². The number of benzene rings is 2. The van der Waals surface area contributed by atoms with Crippen LogP contribution < -0.4 is 5.32 Å². The molecule has 1 heterocycles. The summed E-state index contributed by atoms with van der Waals surface area (Å²) in [5.41, 5.74) is 0.549. The smallest absolute Gasteiger partial charge is 0.282 e. The molecule has 0 spiro atoms. The maximum absolute atomic E-state index is 13.9. The van der Waals surface area contributed by atoms with Gasteiger partial charge in [0.25, 0.3) is 6.43 Å². The first-order valence-electron chi connectivity index (χ1n) is 8.41. The quantitative estimate of drug-likeness (QED) is 0.636. The van der Waals surface area contributed by atoms with Crippen LogP contribution in [0, 0.1) is 18.6 Å². The van der Waals surface area contributed by atoms with E-state index in [9.17, 15) is 22.4 Å². The van der Waals surface area contributed by atoms with E-state index >= 15 is 0 Å². The summed E-state index contributed by atoms with van der Waals surface area (Å²) in [6.07, 6.45) is -1.74. The van der Waals surface area contributed by atoms with Crippen molar-refractivity contribution in [2.45, 2.75) is 19.8 Å². The molecule has 146 valence electrons. The van der Waals surface area contributed by atoms with Crippen LogP contribution in [0.1, 0.15) is 23.2 Å². The van der Waals surface area contributed by atoms with Gasteiger partial charge in [0.1, 0.15) is 17.3 Å². The van der Waals surface area contributed by atoms with E-state index in [-0.39, 0.29) is 23.1 Å². The number of hydrogen-bond donors (Lipinski definition) is 1. The predicted octanol–water partition coefficient (Wildman–Crippen LogP) is 4.79. The SMILES string of the molecule is Cc1c(F)cc(-c2ccccc2NC(=O)Cc2cn(C)nc2C(F)F)cc1F. The third-order valence-corrected chi connectivity index (χ3v) is 4.29. The first-order valence-corrected chi connectivity index (χ1v) is 8.41. The lowest BCUT2D eigenvalue weighted by molar-refractivity contribution is -0.115. The molecule has 8 heteroatoms. The molecule has 0 bridgehead atoms. The zero-order valence-electron chi connectivity index (χ0n) is 15.1. The van der Waals surface area contributed by atoms with E-state index in [1.807, 2.05) is 0 Å². The van der Waals surface area contributed by atoms with Gasteiger partial charge in [-0.3, -0.25) is 9.48 Å². The normalized spacial score (nSPS) is 11.1. The Morgan fingerprint density at radius 2 is 1.82 bits per heavy atom. The summed E-state index contributed by atoms with van der Waals surface area (Å²) in [6, 6.07) is 8.85. The average molecular weight is 391 g/mol. The lowest BCUT2D eigenvalue weighted by atomic mass is 10.0. The molecule has 2 aromatic carbocycles. The van der Waals surface area contributed by atoms with Crippen molar-refractivity contribution in [3.8, 4) is 11.1 Å². The molecule has 1 N–H and O–H groups in total. The van der Waals surface area contributed by atoms with E-state index in [4.69, 9.17) is 0 Å². The van der Waals surface area contributed by atoms with Crippen molar-refractivity contribution in [3.05, 3.63) is 71.1 Å². The summed E-state index contributed by atoms with van der Waals surface area (Å²) in [6.45, 7) is 1.33. The summed E-state index contributed by atoms with van der Waals surface area (Å²) in [4.78, 5) is 12.4. The molecule has 0 aliphatic carbocycles. The van der Waals surface area contributed by atoms with E-state index < -0.39 is 29.7 Å². The van der Waals surface area contributed by atoms with Crippen LogP contribution in [0.15, 0.2) is 42.6 Å². The highest BCUT2D eigenvalue weighted by Crippen LogP contribution is 2.30. The van der Waals surface area contributed by atoms with Crippen LogP contribution >= 0.6 is 0 Å². The number of aromatic nitrogens is 2. The number of amides is 1. The minimum absolute atomic E-state index is 0.0960. The minimum atomic E-state index is -2.80. The summed E-state index contributed by atoms with van der Waals surface area (Å²) < 4.78 is 55.1. The summed E-state index contributed by atoms with van der Waals surface area (Å²) in [5, 5.41) is 6.29. The molecular weight excluding hydrogens is 374 g/mol. The van der Waals surface area contributed by atoms with Crippen LogP contribution in [-0.2, 0) is 18.3 Å². The monoisotopic (exact) mass is 391 g/mol. The van der Waals surface area contributed by atoms with Gasteiger partial charge in [-0.1, -0.05) is 18.2 Å². The van der Waals surface area contributed by atoms with Gasteiger partial charge in [0, 0.05) is 35.6 Å². The number of nitrogens with zero attached hydrogens (tertiary/aromatic N) is 2. The van der Waals surface area contributed by atoms with Gasteiger partial charge in [0.05, 0.1) is 6.42 Å². The van der Waals surface area contributed by atoms with Crippen LogP contribution in [-0.4, -0.2) is 15.7 Å². The van der Waals surface area contributed by atoms with Crippen molar-refractivity contribution < 1.29 is 22.4 Å². The van der Waals surface area contributed by atoms with Crippen LogP contribution in [0.4, 0.5) is 23.2 Å². The fourth-order valence-corrected chi connectivity index (χ4v) is 2.89. The van der Waals surface area contributed by atoms with E-state index in [1.165, 1.54) is 37.0 Å². The Morgan fingerprint density at radius 3 is 2.46 bits per heavy atom. The number of hydrogen-bond acceptors (Lipinski definition) is 2. The Kier molecular flexibility index (Phi) is 5.48. The van der Waals surface area contributed by atoms with Gasteiger partial charge in [0.2, 0.25) is 5.91 Å². The minimum Gasteiger partial charge on any atom is -0.325 e. The largest absolute Gasteiger partial charge is 0.325 e. The number of halogens is 4. The first kappa shape index (κ1) is 19.6. The van der Waals surface area contributed by atoms with Crippen molar-refractivity contribution >= 4 is 11.6 Å². The first-order chi connectivity index (χ1) is 13.3. The van der Waals surface area contributed by atoms with E-state index in [0.717, 1.165) is 0 Å². The van der Waals surface area contributed by atoms with Gasteiger partial charge in [-0.2, -0.15) is 5.10 Å². The topological polar surface area (TPSA) is 46.9 Å². The molecular formula is C20H17F4N3O. The average Bonchev–Trinajstić information content (AvgIpc) is 3.00. The Balaban J connectivity index is 1.87. The molecule has 0 atom stereocenters. The standard InChI is InChI=1S/C20H17F4N3O/c1-11-15(21)7-12(8-16(11)22)14-5-3-4-6-17(14)25-18(28)9-13-10-27(2)26-19(13)20(23)24/h3-8,10,20H,9H2,1-2H3,(H,25,28). The number of rotatable bonds is 5. The number of anilines is 1. The molecule has 3 aromatic rings. The van der Waals surface area contributed by atoms with Gasteiger partial charge >= 0.3 is 0 Å². The molecule has 0 fully saturated rings. The molecule has 1 aromatic heterocycles. The Morgan fingerprint density at radius 1 is 1.18 bits per heavy atom. The highest BCUT2D eigenvalue weighted by molar-refractivity contribution is 5.96. The summed E-state index contributed by atoms with van der Waals surface area (Å²) in [7, 11) is 1.49. The predicted molar refractivity (Wildman–Crippen MR) is 97.0 cm³/mol. The Bertz CT molecular complexity index is 1010. The Labute approximate surface area is 158 Å².